The van der Waals surface area contributed by atoms with E-state index < -0.39 is 7.38 Å². The lowest BCUT2D eigenvalue weighted by Gasteiger charge is -2.22. The summed E-state index contributed by atoms with van der Waals surface area (Å²) in [6.45, 7) is 13.0. The first kappa shape index (κ1) is 14.2. The topological polar surface area (TPSA) is 0 Å². The van der Waals surface area contributed by atoms with E-state index in [9.17, 15) is 0 Å². The molecule has 0 aliphatic rings. The Morgan fingerprint density at radius 3 is 1.64 bits per heavy atom. The highest BCUT2D eigenvalue weighted by Crippen LogP contribution is 2.28. The van der Waals surface area contributed by atoms with Crippen molar-refractivity contribution in [2.24, 2.45) is 11.8 Å². The standard InChI is InChI=1S/C12H25ClSi/c1-6-14(13,9-7-11(2)3)10-8-12(4)5/h6,11-12H,1,7-10H2,2-5H3. The number of halogens is 1. The summed E-state index contributed by atoms with van der Waals surface area (Å²) >= 11 is 6.63. The molecule has 0 bridgehead atoms. The van der Waals surface area contributed by atoms with Gasteiger partial charge in [-0.15, -0.1) is 6.58 Å². The van der Waals surface area contributed by atoms with Gasteiger partial charge in [-0.1, -0.05) is 46.2 Å². The van der Waals surface area contributed by atoms with Gasteiger partial charge < -0.3 is 0 Å². The highest BCUT2D eigenvalue weighted by molar-refractivity contribution is 7.23. The molecule has 0 aromatic carbocycles. The van der Waals surface area contributed by atoms with Crippen LogP contribution in [0, 0.1) is 11.8 Å². The Hall–Kier alpha value is 0.247. The lowest BCUT2D eigenvalue weighted by Crippen LogP contribution is -2.25. The van der Waals surface area contributed by atoms with Crippen molar-refractivity contribution in [3.05, 3.63) is 12.3 Å². The van der Waals surface area contributed by atoms with E-state index >= 15 is 0 Å². The smallest absolute Gasteiger partial charge is 0.162 e. The summed E-state index contributed by atoms with van der Waals surface area (Å²) in [5, 5.41) is 0. The van der Waals surface area contributed by atoms with Gasteiger partial charge in [0.15, 0.2) is 7.38 Å². The molecule has 0 aliphatic heterocycles. The van der Waals surface area contributed by atoms with Crippen LogP contribution in [-0.2, 0) is 0 Å². The minimum atomic E-state index is -1.61. The molecule has 0 aromatic heterocycles. The second kappa shape index (κ2) is 6.68. The maximum Gasteiger partial charge on any atom is 0.179 e. The number of rotatable bonds is 7. The fourth-order valence-electron chi connectivity index (χ4n) is 1.39. The predicted molar refractivity (Wildman–Crippen MR) is 70.3 cm³/mol. The van der Waals surface area contributed by atoms with Crippen molar-refractivity contribution < 1.29 is 0 Å². The second-order valence-electron chi connectivity index (χ2n) is 5.10. The summed E-state index contributed by atoms with van der Waals surface area (Å²) in [5.74, 6) is 1.53. The van der Waals surface area contributed by atoms with Crippen LogP contribution < -0.4 is 0 Å². The van der Waals surface area contributed by atoms with E-state index in [-0.39, 0.29) is 0 Å². The summed E-state index contributed by atoms with van der Waals surface area (Å²) in [7, 11) is -1.61. The first-order valence-corrected chi connectivity index (χ1v) is 9.22. The number of hydrogen-bond donors (Lipinski definition) is 0. The first-order valence-electron chi connectivity index (χ1n) is 5.72. The van der Waals surface area contributed by atoms with Crippen LogP contribution in [0.25, 0.3) is 0 Å². The van der Waals surface area contributed by atoms with Gasteiger partial charge in [0.1, 0.15) is 0 Å². The molecule has 0 aromatic rings. The fraction of sp³-hybridized carbons (Fsp3) is 0.833. The van der Waals surface area contributed by atoms with Crippen LogP contribution in [0.5, 0.6) is 0 Å². The molecular formula is C12H25ClSi. The van der Waals surface area contributed by atoms with Crippen molar-refractivity contribution in [3.63, 3.8) is 0 Å². The van der Waals surface area contributed by atoms with Gasteiger partial charge in [-0.3, -0.25) is 0 Å². The predicted octanol–water partition coefficient (Wildman–Crippen LogP) is 4.99. The minimum absolute atomic E-state index is 0.764. The molecule has 0 aliphatic carbocycles. The van der Waals surface area contributed by atoms with Crippen LogP contribution >= 0.6 is 11.1 Å². The third-order valence-electron chi connectivity index (χ3n) is 2.64. The van der Waals surface area contributed by atoms with Gasteiger partial charge in [-0.05, 0) is 23.9 Å². The fourth-order valence-corrected chi connectivity index (χ4v) is 4.81. The Morgan fingerprint density at radius 2 is 1.43 bits per heavy atom. The van der Waals surface area contributed by atoms with E-state index in [4.69, 9.17) is 11.1 Å². The largest absolute Gasteiger partial charge is 0.179 e. The molecule has 2 heteroatoms. The molecule has 0 saturated heterocycles. The van der Waals surface area contributed by atoms with Crippen LogP contribution in [0.3, 0.4) is 0 Å². The van der Waals surface area contributed by atoms with Crippen LogP contribution in [0.2, 0.25) is 12.1 Å². The molecule has 0 nitrogen and oxygen atoms in total. The summed E-state index contributed by atoms with van der Waals surface area (Å²) in [5.41, 5.74) is 2.07. The van der Waals surface area contributed by atoms with Gasteiger partial charge in [0, 0.05) is 0 Å². The van der Waals surface area contributed by atoms with Gasteiger partial charge in [0.2, 0.25) is 0 Å². The summed E-state index contributed by atoms with van der Waals surface area (Å²) in [6, 6.07) is 2.39. The minimum Gasteiger partial charge on any atom is -0.162 e. The van der Waals surface area contributed by atoms with E-state index in [1.165, 1.54) is 24.9 Å². The Kier molecular flexibility index (Phi) is 6.80. The molecular weight excluding hydrogens is 208 g/mol. The van der Waals surface area contributed by atoms with Crippen LogP contribution in [0.1, 0.15) is 40.5 Å². The zero-order valence-electron chi connectivity index (χ0n) is 10.1. The zero-order valence-corrected chi connectivity index (χ0v) is 11.9. The molecule has 14 heavy (non-hydrogen) atoms. The zero-order chi connectivity index (χ0) is 11.2. The Bertz CT molecular complexity index is 152. The summed E-state index contributed by atoms with van der Waals surface area (Å²) in [4.78, 5) is 0. The van der Waals surface area contributed by atoms with E-state index in [1.54, 1.807) is 0 Å². The molecule has 0 saturated carbocycles. The Balaban J connectivity index is 3.97. The van der Waals surface area contributed by atoms with Crippen molar-refractivity contribution in [1.82, 2.24) is 0 Å². The molecule has 0 N–H and O–H groups in total. The number of hydrogen-bond acceptors (Lipinski definition) is 0. The molecule has 0 spiro atoms. The van der Waals surface area contributed by atoms with Gasteiger partial charge in [0.25, 0.3) is 0 Å². The van der Waals surface area contributed by atoms with Crippen LogP contribution in [-0.4, -0.2) is 7.38 Å². The Labute approximate surface area is 95.5 Å². The molecule has 0 rings (SSSR count). The molecule has 0 atom stereocenters. The van der Waals surface area contributed by atoms with Crippen molar-refractivity contribution in [1.29, 1.82) is 0 Å². The van der Waals surface area contributed by atoms with Crippen molar-refractivity contribution in [2.75, 3.05) is 0 Å². The summed E-state index contributed by atoms with van der Waals surface area (Å²) in [6.07, 6.45) is 2.50. The van der Waals surface area contributed by atoms with Gasteiger partial charge in [-0.25, -0.2) is 0 Å². The maximum absolute atomic E-state index is 6.63. The molecule has 0 heterocycles. The quantitative estimate of drug-likeness (QED) is 0.429. The van der Waals surface area contributed by atoms with Crippen molar-refractivity contribution in [3.8, 4) is 0 Å². The van der Waals surface area contributed by atoms with Gasteiger partial charge in [-0.2, -0.15) is 11.1 Å². The van der Waals surface area contributed by atoms with E-state index in [0.717, 1.165) is 11.8 Å². The third kappa shape index (κ3) is 6.66. The monoisotopic (exact) mass is 232 g/mol. The average molecular weight is 233 g/mol. The van der Waals surface area contributed by atoms with Gasteiger partial charge in [0.05, 0.1) is 0 Å². The summed E-state index contributed by atoms with van der Waals surface area (Å²) < 4.78 is 0. The lowest BCUT2D eigenvalue weighted by molar-refractivity contribution is 0.606. The molecule has 0 amide bonds. The van der Waals surface area contributed by atoms with Gasteiger partial charge >= 0.3 is 0 Å². The normalized spacial score (nSPS) is 12.5. The molecule has 84 valence electrons. The van der Waals surface area contributed by atoms with Crippen LogP contribution in [0.15, 0.2) is 12.3 Å². The van der Waals surface area contributed by atoms with E-state index in [0.29, 0.717) is 0 Å². The second-order valence-corrected chi connectivity index (χ2v) is 10.8. The van der Waals surface area contributed by atoms with E-state index in [2.05, 4.69) is 40.0 Å². The first-order chi connectivity index (χ1) is 6.39. The maximum atomic E-state index is 6.63. The van der Waals surface area contributed by atoms with E-state index in [1.807, 2.05) is 0 Å². The molecule has 0 unspecified atom stereocenters. The van der Waals surface area contributed by atoms with Crippen molar-refractivity contribution in [2.45, 2.75) is 52.6 Å². The highest BCUT2D eigenvalue weighted by atomic mass is 35.6. The van der Waals surface area contributed by atoms with Crippen LogP contribution in [0.4, 0.5) is 0 Å². The molecule has 0 fully saturated rings. The van der Waals surface area contributed by atoms with Crippen molar-refractivity contribution >= 4 is 18.5 Å². The SMILES string of the molecule is C=C[Si](Cl)(CCC(C)C)CCC(C)C. The third-order valence-corrected chi connectivity index (χ3v) is 7.21. The lowest BCUT2D eigenvalue weighted by atomic mass is 10.2. The average Bonchev–Trinajstić information content (AvgIpc) is 2.11. The Morgan fingerprint density at radius 1 is 1.07 bits per heavy atom. The molecule has 0 radical (unpaired) electrons. The highest BCUT2D eigenvalue weighted by Gasteiger charge is 2.26.